The molecule has 1 N–H and O–H groups in total. The van der Waals surface area contributed by atoms with Crippen LogP contribution in [0.15, 0.2) is 82.2 Å². The van der Waals surface area contributed by atoms with Crippen LogP contribution in [0.4, 0.5) is 0 Å². The van der Waals surface area contributed by atoms with Crippen LogP contribution in [-0.2, 0) is 19.6 Å². The van der Waals surface area contributed by atoms with Crippen molar-refractivity contribution in [2.45, 2.75) is 52.4 Å². The molecule has 0 radical (unpaired) electrons. The Morgan fingerprint density at radius 1 is 1.06 bits per heavy atom. The van der Waals surface area contributed by atoms with Gasteiger partial charge < -0.3 is 9.40 Å². The number of hydrogen-bond donors (Lipinski definition) is 1. The minimum Gasteiger partial charge on any atom is -0.468 e. The SMILES string of the molecule is CCC[C@H](c1nnnn1Cc1ccccc1)N(Cc1ccco1)Cc1cc2cc(C)ccc2[nH]c1=O. The van der Waals surface area contributed by atoms with Crippen LogP contribution in [0.25, 0.3) is 10.9 Å². The number of fused-ring (bicyclic) bond motifs is 1. The van der Waals surface area contributed by atoms with E-state index in [9.17, 15) is 4.79 Å². The molecule has 0 aliphatic heterocycles. The second-order valence-corrected chi connectivity index (χ2v) is 9.18. The lowest BCUT2D eigenvalue weighted by molar-refractivity contribution is 0.144. The Hall–Kier alpha value is -4.04. The molecular weight excluding hydrogens is 452 g/mol. The van der Waals surface area contributed by atoms with Crippen LogP contribution < -0.4 is 5.56 Å². The number of tetrazole rings is 1. The molecule has 8 heteroatoms. The van der Waals surface area contributed by atoms with Crippen molar-refractivity contribution in [3.05, 3.63) is 112 Å². The minimum atomic E-state index is -0.105. The summed E-state index contributed by atoms with van der Waals surface area (Å²) < 4.78 is 7.56. The number of nitrogens with one attached hydrogen (secondary N) is 1. The molecule has 184 valence electrons. The number of benzene rings is 2. The number of H-pyrrole nitrogens is 1. The first kappa shape index (κ1) is 23.7. The first-order valence-electron chi connectivity index (χ1n) is 12.3. The fraction of sp³-hybridized carbons (Fsp3) is 0.286. The molecule has 0 bridgehead atoms. The lowest BCUT2D eigenvalue weighted by Gasteiger charge is -2.30. The summed E-state index contributed by atoms with van der Waals surface area (Å²) in [5.41, 5.74) is 3.72. The highest BCUT2D eigenvalue weighted by molar-refractivity contribution is 5.79. The summed E-state index contributed by atoms with van der Waals surface area (Å²) in [4.78, 5) is 18.4. The average Bonchev–Trinajstić information content (AvgIpc) is 3.56. The van der Waals surface area contributed by atoms with Gasteiger partial charge in [-0.1, -0.05) is 55.3 Å². The molecule has 2 aromatic carbocycles. The highest BCUT2D eigenvalue weighted by Crippen LogP contribution is 2.28. The molecule has 0 saturated carbocycles. The second kappa shape index (κ2) is 10.7. The van der Waals surface area contributed by atoms with Crippen molar-refractivity contribution in [3.8, 4) is 0 Å². The molecule has 5 rings (SSSR count). The monoisotopic (exact) mass is 482 g/mol. The van der Waals surface area contributed by atoms with Gasteiger partial charge in [-0.25, -0.2) is 4.68 Å². The Morgan fingerprint density at radius 2 is 1.92 bits per heavy atom. The average molecular weight is 483 g/mol. The molecule has 0 unspecified atom stereocenters. The molecule has 8 nitrogen and oxygen atoms in total. The Kier molecular flexibility index (Phi) is 7.04. The van der Waals surface area contributed by atoms with Gasteiger partial charge in [0, 0.05) is 17.6 Å². The summed E-state index contributed by atoms with van der Waals surface area (Å²) >= 11 is 0. The van der Waals surface area contributed by atoms with Crippen LogP contribution in [0.5, 0.6) is 0 Å². The molecule has 0 aliphatic carbocycles. The zero-order chi connectivity index (χ0) is 24.9. The van der Waals surface area contributed by atoms with E-state index in [1.165, 1.54) is 0 Å². The molecule has 0 amide bonds. The van der Waals surface area contributed by atoms with E-state index >= 15 is 0 Å². The van der Waals surface area contributed by atoms with Crippen molar-refractivity contribution in [2.75, 3.05) is 0 Å². The second-order valence-electron chi connectivity index (χ2n) is 9.18. The van der Waals surface area contributed by atoms with Crippen molar-refractivity contribution in [2.24, 2.45) is 0 Å². The summed E-state index contributed by atoms with van der Waals surface area (Å²) in [7, 11) is 0. The highest BCUT2D eigenvalue weighted by atomic mass is 16.3. The van der Waals surface area contributed by atoms with Gasteiger partial charge in [-0.05, 0) is 65.1 Å². The van der Waals surface area contributed by atoms with Crippen molar-refractivity contribution in [3.63, 3.8) is 0 Å². The van der Waals surface area contributed by atoms with E-state index in [1.807, 2.05) is 53.2 Å². The quantitative estimate of drug-likeness (QED) is 0.301. The summed E-state index contributed by atoms with van der Waals surface area (Å²) in [5, 5.41) is 13.8. The lowest BCUT2D eigenvalue weighted by atomic mass is 10.1. The van der Waals surface area contributed by atoms with Gasteiger partial charge in [-0.2, -0.15) is 0 Å². The maximum absolute atomic E-state index is 13.1. The Morgan fingerprint density at radius 3 is 2.69 bits per heavy atom. The van der Waals surface area contributed by atoms with Crippen LogP contribution in [0.2, 0.25) is 0 Å². The highest BCUT2D eigenvalue weighted by Gasteiger charge is 2.27. The van der Waals surface area contributed by atoms with E-state index in [4.69, 9.17) is 4.42 Å². The zero-order valence-electron chi connectivity index (χ0n) is 20.6. The Balaban J connectivity index is 1.52. The summed E-state index contributed by atoms with van der Waals surface area (Å²) in [5.74, 6) is 1.60. The smallest absolute Gasteiger partial charge is 0.252 e. The van der Waals surface area contributed by atoms with Gasteiger partial charge in [0.25, 0.3) is 5.56 Å². The molecule has 1 atom stereocenters. The van der Waals surface area contributed by atoms with Gasteiger partial charge in [0.05, 0.1) is 25.4 Å². The Bertz CT molecular complexity index is 1470. The van der Waals surface area contributed by atoms with Crippen LogP contribution in [0.1, 0.15) is 54.1 Å². The number of nitrogens with zero attached hydrogens (tertiary/aromatic N) is 5. The molecular formula is C28H30N6O2. The third kappa shape index (κ3) is 5.28. The van der Waals surface area contributed by atoms with Gasteiger partial charge in [-0.15, -0.1) is 5.10 Å². The fourth-order valence-electron chi connectivity index (χ4n) is 4.65. The number of aryl methyl sites for hydroxylation is 1. The maximum atomic E-state index is 13.1. The van der Waals surface area contributed by atoms with Gasteiger partial charge in [0.1, 0.15) is 5.76 Å². The van der Waals surface area contributed by atoms with E-state index in [2.05, 4.69) is 57.5 Å². The van der Waals surface area contributed by atoms with E-state index in [-0.39, 0.29) is 11.6 Å². The third-order valence-corrected chi connectivity index (χ3v) is 6.42. The maximum Gasteiger partial charge on any atom is 0.252 e. The number of pyridine rings is 1. The third-order valence-electron chi connectivity index (χ3n) is 6.42. The molecule has 0 fully saturated rings. The summed E-state index contributed by atoms with van der Waals surface area (Å²) in [6.45, 7) is 5.74. The van der Waals surface area contributed by atoms with Gasteiger partial charge >= 0.3 is 0 Å². The first-order chi connectivity index (χ1) is 17.6. The first-order valence-corrected chi connectivity index (χ1v) is 12.3. The van der Waals surface area contributed by atoms with Gasteiger partial charge in [-0.3, -0.25) is 9.69 Å². The van der Waals surface area contributed by atoms with Crippen LogP contribution in [-0.4, -0.2) is 30.1 Å². The molecule has 3 aromatic heterocycles. The Labute approximate surface area is 209 Å². The molecule has 36 heavy (non-hydrogen) atoms. The van der Waals surface area contributed by atoms with Crippen molar-refractivity contribution >= 4 is 10.9 Å². The molecule has 0 spiro atoms. The van der Waals surface area contributed by atoms with Gasteiger partial charge in [0.15, 0.2) is 5.82 Å². The van der Waals surface area contributed by atoms with Crippen molar-refractivity contribution < 1.29 is 4.42 Å². The molecule has 3 heterocycles. The fourth-order valence-corrected chi connectivity index (χ4v) is 4.65. The normalized spacial score (nSPS) is 12.4. The number of furan rings is 1. The standard InChI is InChI=1S/C28H30N6O2/c1-3-8-26(27-30-31-32-34(27)17-21-9-5-4-6-10-21)33(19-24-11-7-14-36-24)18-23-16-22-15-20(2)12-13-25(22)29-28(23)35/h4-7,9-16,26H,3,8,17-19H2,1-2H3,(H,29,35)/t26-/m1/s1. The predicted molar refractivity (Wildman–Crippen MR) is 138 cm³/mol. The summed E-state index contributed by atoms with van der Waals surface area (Å²) in [6, 6.07) is 21.9. The zero-order valence-corrected chi connectivity index (χ0v) is 20.6. The number of aromatic amines is 1. The number of rotatable bonds is 10. The number of aromatic nitrogens is 5. The minimum absolute atomic E-state index is 0.0880. The lowest BCUT2D eigenvalue weighted by Crippen LogP contribution is -2.32. The molecule has 5 aromatic rings. The topological polar surface area (TPSA) is 92.8 Å². The predicted octanol–water partition coefficient (Wildman–Crippen LogP) is 5.01. The summed E-state index contributed by atoms with van der Waals surface area (Å²) in [6.07, 6.45) is 3.44. The van der Waals surface area contributed by atoms with Gasteiger partial charge in [0.2, 0.25) is 0 Å². The largest absolute Gasteiger partial charge is 0.468 e. The van der Waals surface area contributed by atoms with Crippen LogP contribution in [0, 0.1) is 6.92 Å². The van der Waals surface area contributed by atoms with E-state index in [0.29, 0.717) is 25.2 Å². The van der Waals surface area contributed by atoms with Crippen LogP contribution in [0.3, 0.4) is 0 Å². The van der Waals surface area contributed by atoms with E-state index in [0.717, 1.165) is 46.5 Å². The van der Waals surface area contributed by atoms with Crippen molar-refractivity contribution in [1.82, 2.24) is 30.1 Å². The van der Waals surface area contributed by atoms with Crippen molar-refractivity contribution in [1.29, 1.82) is 0 Å². The molecule has 0 aliphatic rings. The number of hydrogen-bond acceptors (Lipinski definition) is 6. The van der Waals surface area contributed by atoms with E-state index < -0.39 is 0 Å². The van der Waals surface area contributed by atoms with Crippen LogP contribution >= 0.6 is 0 Å². The van der Waals surface area contributed by atoms with E-state index in [1.54, 1.807) is 6.26 Å². The molecule has 0 saturated heterocycles.